The summed E-state index contributed by atoms with van der Waals surface area (Å²) in [6, 6.07) is 4.29. The van der Waals surface area contributed by atoms with E-state index in [9.17, 15) is 14.3 Å². The van der Waals surface area contributed by atoms with E-state index in [4.69, 9.17) is 0 Å². The Morgan fingerprint density at radius 2 is 2.16 bits per heavy atom. The summed E-state index contributed by atoms with van der Waals surface area (Å²) in [5, 5.41) is 12.6. The minimum absolute atomic E-state index is 0.109. The van der Waals surface area contributed by atoms with Gasteiger partial charge in [0.2, 0.25) is 0 Å². The number of hydrogen-bond acceptors (Lipinski definition) is 2. The van der Waals surface area contributed by atoms with Crippen molar-refractivity contribution in [1.82, 2.24) is 5.32 Å². The Labute approximate surface area is 120 Å². The van der Waals surface area contributed by atoms with E-state index in [2.05, 4.69) is 21.2 Å². The Hall–Kier alpha value is -0.940. The van der Waals surface area contributed by atoms with Crippen molar-refractivity contribution in [3.05, 3.63) is 34.1 Å². The maximum absolute atomic E-state index is 13.3. The lowest BCUT2D eigenvalue weighted by Gasteiger charge is -2.27. The standard InChI is InChI=1S/C14H17BrFNO2/c15-11-6-5-9(7-12(11)16)14(19)17-8-10-3-1-2-4-13(10)18/h5-7,10,13,18H,1-4,8H2,(H,17,19). The van der Waals surface area contributed by atoms with Gasteiger partial charge in [-0.25, -0.2) is 4.39 Å². The molecule has 104 valence electrons. The highest BCUT2D eigenvalue weighted by Gasteiger charge is 2.23. The lowest BCUT2D eigenvalue weighted by Crippen LogP contribution is -2.36. The van der Waals surface area contributed by atoms with Crippen LogP contribution in [-0.2, 0) is 0 Å². The third-order valence-electron chi connectivity index (χ3n) is 3.58. The summed E-state index contributed by atoms with van der Waals surface area (Å²) >= 11 is 3.05. The van der Waals surface area contributed by atoms with Crippen LogP contribution in [0.2, 0.25) is 0 Å². The molecule has 0 aliphatic heterocycles. The highest BCUT2D eigenvalue weighted by molar-refractivity contribution is 9.10. The summed E-state index contributed by atoms with van der Waals surface area (Å²) in [6.07, 6.45) is 3.52. The molecule has 0 aromatic heterocycles. The second-order valence-corrected chi connectivity index (χ2v) is 5.81. The summed E-state index contributed by atoms with van der Waals surface area (Å²) in [5.74, 6) is -0.646. The van der Waals surface area contributed by atoms with Gasteiger partial charge in [-0.3, -0.25) is 4.79 Å². The van der Waals surface area contributed by atoms with Gasteiger partial charge in [-0.1, -0.05) is 12.8 Å². The molecule has 2 atom stereocenters. The van der Waals surface area contributed by atoms with E-state index in [-0.39, 0.29) is 17.9 Å². The molecule has 1 saturated carbocycles. The molecule has 0 radical (unpaired) electrons. The second kappa shape index (κ2) is 6.48. The second-order valence-electron chi connectivity index (χ2n) is 4.95. The molecule has 0 spiro atoms. The maximum Gasteiger partial charge on any atom is 0.251 e. The van der Waals surface area contributed by atoms with Gasteiger partial charge in [0, 0.05) is 18.0 Å². The quantitative estimate of drug-likeness (QED) is 0.895. The molecule has 2 unspecified atom stereocenters. The molecule has 0 bridgehead atoms. The number of carbonyl (C=O) groups excluding carboxylic acids is 1. The van der Waals surface area contributed by atoms with Crippen LogP contribution in [0.1, 0.15) is 36.0 Å². The molecule has 2 N–H and O–H groups in total. The number of benzene rings is 1. The fourth-order valence-corrected chi connectivity index (χ4v) is 2.64. The van der Waals surface area contributed by atoms with Crippen LogP contribution in [0.5, 0.6) is 0 Å². The zero-order valence-corrected chi connectivity index (χ0v) is 12.1. The zero-order chi connectivity index (χ0) is 13.8. The van der Waals surface area contributed by atoms with E-state index in [1.165, 1.54) is 12.1 Å². The fourth-order valence-electron chi connectivity index (χ4n) is 2.39. The Bertz CT molecular complexity index is 467. The predicted octanol–water partition coefficient (Wildman–Crippen LogP) is 2.87. The summed E-state index contributed by atoms with van der Waals surface area (Å²) in [5.41, 5.74) is 0.297. The highest BCUT2D eigenvalue weighted by atomic mass is 79.9. The zero-order valence-electron chi connectivity index (χ0n) is 10.5. The van der Waals surface area contributed by atoms with Gasteiger partial charge in [0.15, 0.2) is 0 Å². The molecule has 19 heavy (non-hydrogen) atoms. The van der Waals surface area contributed by atoms with E-state index in [0.717, 1.165) is 25.7 Å². The Morgan fingerprint density at radius 1 is 1.42 bits per heavy atom. The van der Waals surface area contributed by atoms with Crippen LogP contribution >= 0.6 is 15.9 Å². The summed E-state index contributed by atoms with van der Waals surface area (Å²) in [6.45, 7) is 0.442. The first-order valence-corrected chi connectivity index (χ1v) is 7.28. The van der Waals surface area contributed by atoms with Gasteiger partial charge in [-0.2, -0.15) is 0 Å². The van der Waals surface area contributed by atoms with Crippen LogP contribution in [0.15, 0.2) is 22.7 Å². The van der Waals surface area contributed by atoms with Crippen LogP contribution in [-0.4, -0.2) is 23.7 Å². The lowest BCUT2D eigenvalue weighted by atomic mass is 9.86. The highest BCUT2D eigenvalue weighted by Crippen LogP contribution is 2.23. The molecular weight excluding hydrogens is 313 g/mol. The number of aliphatic hydroxyl groups excluding tert-OH is 1. The third kappa shape index (κ3) is 3.76. The van der Waals surface area contributed by atoms with Gasteiger partial charge in [-0.05, 0) is 47.0 Å². The Balaban J connectivity index is 1.91. The average molecular weight is 330 g/mol. The molecule has 1 aliphatic carbocycles. The molecule has 2 rings (SSSR count). The first-order chi connectivity index (χ1) is 9.08. The van der Waals surface area contributed by atoms with Crippen molar-refractivity contribution in [2.45, 2.75) is 31.8 Å². The Morgan fingerprint density at radius 3 is 2.84 bits per heavy atom. The molecule has 3 nitrogen and oxygen atoms in total. The summed E-state index contributed by atoms with van der Waals surface area (Å²) in [7, 11) is 0. The maximum atomic E-state index is 13.3. The van der Waals surface area contributed by atoms with E-state index in [0.29, 0.717) is 16.6 Å². The smallest absolute Gasteiger partial charge is 0.251 e. The van der Waals surface area contributed by atoms with Crippen LogP contribution in [0.4, 0.5) is 4.39 Å². The van der Waals surface area contributed by atoms with Crippen molar-refractivity contribution in [3.8, 4) is 0 Å². The third-order valence-corrected chi connectivity index (χ3v) is 4.22. The summed E-state index contributed by atoms with van der Waals surface area (Å²) < 4.78 is 13.7. The molecule has 1 aliphatic rings. The normalized spacial score (nSPS) is 23.1. The van der Waals surface area contributed by atoms with Gasteiger partial charge in [-0.15, -0.1) is 0 Å². The van der Waals surface area contributed by atoms with Crippen LogP contribution < -0.4 is 5.32 Å². The number of hydrogen-bond donors (Lipinski definition) is 2. The van der Waals surface area contributed by atoms with Gasteiger partial charge < -0.3 is 10.4 Å². The van der Waals surface area contributed by atoms with Crippen molar-refractivity contribution in [3.63, 3.8) is 0 Å². The molecule has 1 amide bonds. The molecule has 0 saturated heterocycles. The number of amides is 1. The van der Waals surface area contributed by atoms with Crippen molar-refractivity contribution < 1.29 is 14.3 Å². The molecule has 1 fully saturated rings. The van der Waals surface area contributed by atoms with Crippen molar-refractivity contribution in [2.75, 3.05) is 6.54 Å². The van der Waals surface area contributed by atoms with Gasteiger partial charge >= 0.3 is 0 Å². The van der Waals surface area contributed by atoms with Crippen LogP contribution in [0.25, 0.3) is 0 Å². The first-order valence-electron chi connectivity index (χ1n) is 6.49. The largest absolute Gasteiger partial charge is 0.393 e. The lowest BCUT2D eigenvalue weighted by molar-refractivity contribution is 0.0663. The topological polar surface area (TPSA) is 49.3 Å². The van der Waals surface area contributed by atoms with Crippen molar-refractivity contribution >= 4 is 21.8 Å². The van der Waals surface area contributed by atoms with Gasteiger partial charge in [0.1, 0.15) is 5.82 Å². The van der Waals surface area contributed by atoms with E-state index in [1.54, 1.807) is 6.07 Å². The molecule has 1 aromatic carbocycles. The van der Waals surface area contributed by atoms with E-state index in [1.807, 2.05) is 0 Å². The van der Waals surface area contributed by atoms with Crippen LogP contribution in [0, 0.1) is 11.7 Å². The number of nitrogens with one attached hydrogen (secondary N) is 1. The molecule has 1 aromatic rings. The van der Waals surface area contributed by atoms with Gasteiger partial charge in [0.05, 0.1) is 10.6 Å². The molecule has 0 heterocycles. The number of carbonyl (C=O) groups is 1. The minimum atomic E-state index is -0.453. The van der Waals surface area contributed by atoms with Gasteiger partial charge in [0.25, 0.3) is 5.91 Å². The monoisotopic (exact) mass is 329 g/mol. The van der Waals surface area contributed by atoms with Crippen LogP contribution in [0.3, 0.4) is 0 Å². The number of aliphatic hydroxyl groups is 1. The fraction of sp³-hybridized carbons (Fsp3) is 0.500. The summed E-state index contributed by atoms with van der Waals surface area (Å²) in [4.78, 5) is 11.9. The number of rotatable bonds is 3. The molecule has 5 heteroatoms. The van der Waals surface area contributed by atoms with Crippen molar-refractivity contribution in [1.29, 1.82) is 0 Å². The van der Waals surface area contributed by atoms with E-state index >= 15 is 0 Å². The average Bonchev–Trinajstić information content (AvgIpc) is 2.40. The molecular formula is C14H17BrFNO2. The minimum Gasteiger partial charge on any atom is -0.393 e. The first kappa shape index (κ1) is 14.5. The predicted molar refractivity (Wildman–Crippen MR) is 74.4 cm³/mol. The number of halogens is 2. The SMILES string of the molecule is O=C(NCC1CCCCC1O)c1ccc(Br)c(F)c1. The van der Waals surface area contributed by atoms with E-state index < -0.39 is 5.82 Å². The van der Waals surface area contributed by atoms with Crippen molar-refractivity contribution in [2.24, 2.45) is 5.92 Å². The Kier molecular flexibility index (Phi) is 4.93.